The van der Waals surface area contributed by atoms with E-state index < -0.39 is 0 Å². The summed E-state index contributed by atoms with van der Waals surface area (Å²) in [7, 11) is 2.08. The Balaban J connectivity index is 0.00000249. The van der Waals surface area contributed by atoms with E-state index in [0.717, 1.165) is 114 Å². The first-order valence-corrected chi connectivity index (χ1v) is 20.9. The number of aromatic amines is 1. The summed E-state index contributed by atoms with van der Waals surface area (Å²) in [6.45, 7) is 5.87. The van der Waals surface area contributed by atoms with Crippen molar-refractivity contribution in [2.75, 3.05) is 56.2 Å². The number of aromatic hydroxyl groups is 1. The van der Waals surface area contributed by atoms with Gasteiger partial charge in [-0.2, -0.15) is 0 Å². The molecular formula is C47H49Cl3N6O4. The number of carbonyl (C=O) groups is 2. The van der Waals surface area contributed by atoms with E-state index in [4.69, 9.17) is 16.3 Å². The molecule has 6 aromatic rings. The molecule has 0 aliphatic carbocycles. The van der Waals surface area contributed by atoms with Gasteiger partial charge < -0.3 is 29.2 Å². The summed E-state index contributed by atoms with van der Waals surface area (Å²) < 4.78 is 7.95. The van der Waals surface area contributed by atoms with Crippen molar-refractivity contribution in [3.8, 4) is 17.0 Å². The zero-order chi connectivity index (χ0) is 39.5. The van der Waals surface area contributed by atoms with Crippen molar-refractivity contribution in [3.05, 3.63) is 130 Å². The molecule has 0 bridgehead atoms. The highest BCUT2D eigenvalue weighted by molar-refractivity contribution is 6.31. The summed E-state index contributed by atoms with van der Waals surface area (Å²) in [5.74, 6) is -0.0425. The number of halogens is 3. The predicted octanol–water partition coefficient (Wildman–Crippen LogP) is 9.05. The van der Waals surface area contributed by atoms with E-state index in [1.807, 2.05) is 42.6 Å². The molecule has 6 heterocycles. The number of benzene rings is 4. The number of amides is 2. The van der Waals surface area contributed by atoms with Gasteiger partial charge in [0.25, 0.3) is 11.8 Å². The van der Waals surface area contributed by atoms with Crippen LogP contribution in [0, 0.1) is 0 Å². The number of ether oxygens (including phenoxy) is 1. The van der Waals surface area contributed by atoms with Gasteiger partial charge in [0.05, 0.1) is 24.5 Å². The number of nitrogens with zero attached hydrogens (tertiary/aromatic N) is 5. The van der Waals surface area contributed by atoms with Gasteiger partial charge in [-0.25, -0.2) is 0 Å². The number of H-pyrrole nitrogens is 1. The summed E-state index contributed by atoms with van der Waals surface area (Å²) in [4.78, 5) is 42.5. The van der Waals surface area contributed by atoms with Gasteiger partial charge >= 0.3 is 0 Å². The van der Waals surface area contributed by atoms with Gasteiger partial charge in [-0.05, 0) is 116 Å². The van der Waals surface area contributed by atoms with E-state index in [9.17, 15) is 5.11 Å². The van der Waals surface area contributed by atoms with Crippen LogP contribution in [0.4, 0.5) is 17.1 Å². The Bertz CT molecular complexity index is 2560. The number of phenolic OH excluding ortho intramolecular Hbond substituents is 1. The van der Waals surface area contributed by atoms with Crippen LogP contribution < -0.4 is 9.80 Å². The first-order chi connectivity index (χ1) is 28.3. The predicted molar refractivity (Wildman–Crippen MR) is 243 cm³/mol. The van der Waals surface area contributed by atoms with Gasteiger partial charge in [-0.3, -0.25) is 19.4 Å². The van der Waals surface area contributed by atoms with Crippen LogP contribution in [0.25, 0.3) is 22.2 Å². The normalized spacial score (nSPS) is 17.3. The highest BCUT2D eigenvalue weighted by Crippen LogP contribution is 2.40. The van der Waals surface area contributed by atoms with E-state index in [1.165, 1.54) is 5.56 Å². The number of morpholine rings is 1. The molecule has 60 heavy (non-hydrogen) atoms. The Morgan fingerprint density at radius 1 is 0.867 bits per heavy atom. The average Bonchev–Trinajstić information content (AvgIpc) is 3.98. The molecule has 1 atom stereocenters. The van der Waals surface area contributed by atoms with Gasteiger partial charge in [-0.15, -0.1) is 24.8 Å². The number of likely N-dealkylation sites (N-methyl/N-ethyl adjacent to an activating group) is 1. The Morgan fingerprint density at radius 2 is 1.67 bits per heavy atom. The number of fused-ring (bicyclic) bond motifs is 4. The van der Waals surface area contributed by atoms with Crippen LogP contribution in [0.3, 0.4) is 0 Å². The third-order valence-electron chi connectivity index (χ3n) is 12.7. The Morgan fingerprint density at radius 3 is 2.48 bits per heavy atom. The molecular weight excluding hydrogens is 819 g/mol. The summed E-state index contributed by atoms with van der Waals surface area (Å²) in [6, 6.07) is 27.1. The molecule has 1 fully saturated rings. The minimum absolute atomic E-state index is 0. The molecule has 13 heteroatoms. The van der Waals surface area contributed by atoms with Crippen LogP contribution >= 0.6 is 36.4 Å². The van der Waals surface area contributed by atoms with Gasteiger partial charge in [0.2, 0.25) is 0 Å². The number of hydrogen-bond acceptors (Lipinski definition) is 6. The SMILES string of the molecule is CN1CCc2ccc(N(C(=O)c3cc(-c4cc5[nH]ccc5cc4C(=O)N4Cc5cccc(Cl)c5C[C@H]4CN4CCOCC4)n4c3CCCC4)c3ccc(O)cc3)cc21.Cl.Cl. The molecule has 0 spiro atoms. The minimum atomic E-state index is -0.146. The van der Waals surface area contributed by atoms with Crippen LogP contribution in [-0.4, -0.2) is 88.8 Å². The third kappa shape index (κ3) is 7.53. The van der Waals surface area contributed by atoms with Crippen LogP contribution in [0.2, 0.25) is 5.02 Å². The zero-order valence-corrected chi connectivity index (χ0v) is 35.9. The largest absolute Gasteiger partial charge is 0.508 e. The smallest absolute Gasteiger partial charge is 0.264 e. The van der Waals surface area contributed by atoms with Gasteiger partial charge in [-0.1, -0.05) is 29.8 Å². The summed E-state index contributed by atoms with van der Waals surface area (Å²) in [5.41, 5.74) is 10.8. The van der Waals surface area contributed by atoms with E-state index in [2.05, 4.69) is 55.6 Å². The second kappa shape index (κ2) is 17.2. The number of anilines is 3. The van der Waals surface area contributed by atoms with Gasteiger partial charge in [0, 0.05) is 108 Å². The van der Waals surface area contributed by atoms with E-state index in [1.54, 1.807) is 29.2 Å². The van der Waals surface area contributed by atoms with Crippen molar-refractivity contribution in [3.63, 3.8) is 0 Å². The molecule has 2 amide bonds. The first-order valence-electron chi connectivity index (χ1n) is 20.5. The lowest BCUT2D eigenvalue weighted by atomic mass is 9.91. The van der Waals surface area contributed by atoms with Crippen LogP contribution in [-0.2, 0) is 37.1 Å². The van der Waals surface area contributed by atoms with E-state index >= 15 is 9.59 Å². The minimum Gasteiger partial charge on any atom is -0.508 e. The molecule has 312 valence electrons. The Kier molecular flexibility index (Phi) is 12.0. The van der Waals surface area contributed by atoms with Crippen molar-refractivity contribution in [2.24, 2.45) is 0 Å². The molecule has 0 saturated carbocycles. The number of rotatable bonds is 7. The summed E-state index contributed by atoms with van der Waals surface area (Å²) >= 11 is 6.80. The summed E-state index contributed by atoms with van der Waals surface area (Å²) in [5, 5.41) is 11.9. The number of aromatic nitrogens is 2. The fourth-order valence-corrected chi connectivity index (χ4v) is 9.89. The third-order valence-corrected chi connectivity index (χ3v) is 13.1. The lowest BCUT2D eigenvalue weighted by molar-refractivity contribution is 0.0193. The Hall–Kier alpha value is -4.97. The quantitative estimate of drug-likeness (QED) is 0.166. The maximum atomic E-state index is 15.4. The summed E-state index contributed by atoms with van der Waals surface area (Å²) in [6.07, 6.45) is 6.23. The standard InChI is InChI=1S/C47H47ClN6O4.2ClH/c1-50-18-15-30-8-9-34(25-44(30)50)54(33-10-12-36(55)13-11-33)47(57)40-27-45(52-17-3-2-7-43(40)52)38-26-42-31(14-16-49-42)23-39(38)46(56)53-28-32-5-4-6-41(48)37(32)24-35(53)29-51-19-21-58-22-20-51;;/h4-6,8-14,16,23,25-27,35,49,55H,2-3,7,15,17-22,24,28-29H2,1H3;2*1H/t35-;;/m0../s1. The van der Waals surface area contributed by atoms with E-state index in [0.29, 0.717) is 43.0 Å². The van der Waals surface area contributed by atoms with E-state index in [-0.39, 0.29) is 48.4 Å². The highest BCUT2D eigenvalue weighted by atomic mass is 35.5. The molecule has 4 aliphatic rings. The molecule has 2 aromatic heterocycles. The molecule has 4 aliphatic heterocycles. The van der Waals surface area contributed by atoms with Crippen molar-refractivity contribution >= 4 is 76.2 Å². The fourth-order valence-electron chi connectivity index (χ4n) is 9.62. The molecule has 1 saturated heterocycles. The fraction of sp³-hybridized carbons (Fsp3) is 0.319. The molecule has 0 unspecified atom stereocenters. The second-order valence-corrected chi connectivity index (χ2v) is 16.6. The molecule has 2 N–H and O–H groups in total. The maximum Gasteiger partial charge on any atom is 0.264 e. The van der Waals surface area contributed by atoms with Crippen molar-refractivity contribution < 1.29 is 19.4 Å². The average molecular weight is 868 g/mol. The van der Waals surface area contributed by atoms with Crippen molar-refractivity contribution in [2.45, 2.75) is 51.2 Å². The van der Waals surface area contributed by atoms with Crippen LogP contribution in [0.1, 0.15) is 55.9 Å². The van der Waals surface area contributed by atoms with Crippen LogP contribution in [0.15, 0.2) is 91.1 Å². The van der Waals surface area contributed by atoms with Crippen molar-refractivity contribution in [1.29, 1.82) is 0 Å². The van der Waals surface area contributed by atoms with Gasteiger partial charge in [0.1, 0.15) is 5.75 Å². The first kappa shape index (κ1) is 41.8. The molecule has 0 radical (unpaired) electrons. The lowest BCUT2D eigenvalue weighted by Gasteiger charge is -2.41. The number of hydrogen-bond donors (Lipinski definition) is 2. The second-order valence-electron chi connectivity index (χ2n) is 16.2. The maximum absolute atomic E-state index is 15.4. The molecule has 4 aromatic carbocycles. The monoisotopic (exact) mass is 866 g/mol. The highest BCUT2D eigenvalue weighted by Gasteiger charge is 2.36. The topological polar surface area (TPSA) is 97.3 Å². The van der Waals surface area contributed by atoms with Gasteiger partial charge in [0.15, 0.2) is 0 Å². The number of nitrogens with one attached hydrogen (secondary N) is 1. The molecule has 10 rings (SSSR count). The number of phenols is 1. The Labute approximate surface area is 367 Å². The zero-order valence-electron chi connectivity index (χ0n) is 33.5. The van der Waals surface area contributed by atoms with Crippen LogP contribution in [0.5, 0.6) is 5.75 Å². The number of carbonyl (C=O) groups excluding carboxylic acids is 2. The van der Waals surface area contributed by atoms with Crippen molar-refractivity contribution in [1.82, 2.24) is 19.4 Å². The lowest BCUT2D eigenvalue weighted by Crippen LogP contribution is -2.52. The molecule has 10 nitrogen and oxygen atoms in total.